The van der Waals surface area contributed by atoms with E-state index in [1.54, 1.807) is 12.1 Å². The number of carbonyl (C=O) groups is 2. The highest BCUT2D eigenvalue weighted by Gasteiger charge is 2.23. The fourth-order valence-corrected chi connectivity index (χ4v) is 3.78. The summed E-state index contributed by atoms with van der Waals surface area (Å²) in [6, 6.07) is 8.99. The lowest BCUT2D eigenvalue weighted by atomic mass is 10.0. The summed E-state index contributed by atoms with van der Waals surface area (Å²) >= 11 is 0. The maximum absolute atomic E-state index is 12.5. The Hall–Kier alpha value is -1.84. The summed E-state index contributed by atoms with van der Waals surface area (Å²) in [5.41, 5.74) is 0.565. The molecule has 0 radical (unpaired) electrons. The lowest BCUT2D eigenvalue weighted by Crippen LogP contribution is -2.36. The van der Waals surface area contributed by atoms with Crippen LogP contribution in [0.5, 0.6) is 0 Å². The average Bonchev–Trinajstić information content (AvgIpc) is 2.77. The first kappa shape index (κ1) is 26.2. The van der Waals surface area contributed by atoms with Gasteiger partial charge in [-0.2, -0.15) is 0 Å². The van der Waals surface area contributed by atoms with Crippen LogP contribution in [0.25, 0.3) is 0 Å². The number of nitrogens with zero attached hydrogens (tertiary/aromatic N) is 1. The molecule has 0 spiro atoms. The lowest BCUT2D eigenvalue weighted by Gasteiger charge is -2.19. The Kier molecular flexibility index (Phi) is 15.7. The van der Waals surface area contributed by atoms with E-state index in [0.717, 1.165) is 24.2 Å². The smallest absolute Gasteiger partial charge is 0.420 e. The first-order valence-electron chi connectivity index (χ1n) is 12.2. The molecule has 170 valence electrons. The van der Waals surface area contributed by atoms with Crippen LogP contribution in [-0.2, 0) is 9.53 Å². The largest absolute Gasteiger partial charge is 0.452 e. The van der Waals surface area contributed by atoms with Gasteiger partial charge in [-0.1, -0.05) is 115 Å². The maximum Gasteiger partial charge on any atom is 0.420 e. The van der Waals surface area contributed by atoms with Crippen molar-refractivity contribution in [1.82, 2.24) is 0 Å². The second kappa shape index (κ2) is 18.0. The van der Waals surface area contributed by atoms with Crippen molar-refractivity contribution < 1.29 is 14.3 Å². The van der Waals surface area contributed by atoms with E-state index >= 15 is 0 Å². The molecule has 1 aromatic carbocycles. The van der Waals surface area contributed by atoms with E-state index in [1.807, 2.05) is 18.2 Å². The topological polar surface area (TPSA) is 46.6 Å². The van der Waals surface area contributed by atoms with Crippen LogP contribution in [0, 0.1) is 0 Å². The number of benzene rings is 1. The SMILES string of the molecule is CCCCCCCCCCCCCCCCCC(=O)N(C(=O)OC)c1ccccc1. The molecule has 1 aromatic rings. The van der Waals surface area contributed by atoms with Gasteiger partial charge in [0, 0.05) is 6.42 Å². The maximum atomic E-state index is 12.5. The molecule has 0 fully saturated rings. The number of unbranched alkanes of at least 4 members (excludes halogenated alkanes) is 14. The number of amides is 2. The standard InChI is InChI=1S/C26H43NO3/c1-3-4-5-6-7-8-9-10-11-12-13-14-15-16-20-23-25(28)27(26(29)30-2)24-21-18-17-19-22-24/h17-19,21-22H,3-16,20,23H2,1-2H3. The summed E-state index contributed by atoms with van der Waals surface area (Å²) in [7, 11) is 1.30. The van der Waals surface area contributed by atoms with Crippen LogP contribution in [0.2, 0.25) is 0 Å². The number of methoxy groups -OCH3 is 1. The molecule has 0 aliphatic rings. The Morgan fingerprint density at radius 3 is 1.57 bits per heavy atom. The molecule has 0 atom stereocenters. The van der Waals surface area contributed by atoms with Gasteiger partial charge in [0.15, 0.2) is 0 Å². The van der Waals surface area contributed by atoms with Gasteiger partial charge in [0.25, 0.3) is 0 Å². The summed E-state index contributed by atoms with van der Waals surface area (Å²) < 4.78 is 4.78. The van der Waals surface area contributed by atoms with Crippen molar-refractivity contribution >= 4 is 17.7 Å². The zero-order valence-corrected chi connectivity index (χ0v) is 19.4. The first-order chi connectivity index (χ1) is 14.7. The second-order valence-corrected chi connectivity index (χ2v) is 8.23. The fraction of sp³-hybridized carbons (Fsp3) is 0.692. The predicted octanol–water partition coefficient (Wildman–Crippen LogP) is 8.05. The van der Waals surface area contributed by atoms with E-state index in [0.29, 0.717) is 12.1 Å². The van der Waals surface area contributed by atoms with Gasteiger partial charge in [-0.3, -0.25) is 4.79 Å². The van der Waals surface area contributed by atoms with E-state index < -0.39 is 6.09 Å². The number of ether oxygens (including phenoxy) is 1. The Bertz CT molecular complexity index is 559. The van der Waals surface area contributed by atoms with Crippen molar-refractivity contribution in [2.75, 3.05) is 12.0 Å². The zero-order chi connectivity index (χ0) is 21.9. The molecule has 0 saturated heterocycles. The number of rotatable bonds is 17. The second-order valence-electron chi connectivity index (χ2n) is 8.23. The summed E-state index contributed by atoms with van der Waals surface area (Å²) in [5, 5.41) is 0. The molecular formula is C26H43NO3. The van der Waals surface area contributed by atoms with Crippen LogP contribution in [0.1, 0.15) is 110 Å². The first-order valence-corrected chi connectivity index (χ1v) is 12.2. The third-order valence-corrected chi connectivity index (χ3v) is 5.62. The van der Waals surface area contributed by atoms with Crippen LogP contribution < -0.4 is 4.90 Å². The molecule has 0 bridgehead atoms. The minimum Gasteiger partial charge on any atom is -0.452 e. The molecule has 0 aliphatic carbocycles. The van der Waals surface area contributed by atoms with Crippen molar-refractivity contribution in [2.45, 2.75) is 110 Å². The lowest BCUT2D eigenvalue weighted by molar-refractivity contribution is -0.118. The van der Waals surface area contributed by atoms with Gasteiger partial charge in [0.2, 0.25) is 5.91 Å². The molecule has 4 nitrogen and oxygen atoms in total. The molecule has 0 N–H and O–H groups in total. The van der Waals surface area contributed by atoms with Crippen molar-refractivity contribution in [1.29, 1.82) is 0 Å². The number of imide groups is 1. The molecule has 2 amide bonds. The van der Waals surface area contributed by atoms with Gasteiger partial charge in [0.1, 0.15) is 0 Å². The summed E-state index contributed by atoms with van der Waals surface area (Å²) in [4.78, 5) is 25.6. The van der Waals surface area contributed by atoms with Gasteiger partial charge in [-0.15, -0.1) is 0 Å². The van der Waals surface area contributed by atoms with Crippen LogP contribution in [0.4, 0.5) is 10.5 Å². The van der Waals surface area contributed by atoms with E-state index in [9.17, 15) is 9.59 Å². The van der Waals surface area contributed by atoms with Gasteiger partial charge >= 0.3 is 6.09 Å². The summed E-state index contributed by atoms with van der Waals surface area (Å²) in [5.74, 6) is -0.192. The summed E-state index contributed by atoms with van der Waals surface area (Å²) in [6.07, 6.45) is 19.1. The average molecular weight is 418 g/mol. The Balaban J connectivity index is 2.02. The van der Waals surface area contributed by atoms with Crippen molar-refractivity contribution in [2.24, 2.45) is 0 Å². The number of carbonyl (C=O) groups excluding carboxylic acids is 2. The molecule has 30 heavy (non-hydrogen) atoms. The van der Waals surface area contributed by atoms with Crippen molar-refractivity contribution in [3.63, 3.8) is 0 Å². The van der Waals surface area contributed by atoms with Crippen molar-refractivity contribution in [3.05, 3.63) is 30.3 Å². The highest BCUT2D eigenvalue weighted by atomic mass is 16.5. The van der Waals surface area contributed by atoms with Gasteiger partial charge in [-0.25, -0.2) is 9.69 Å². The van der Waals surface area contributed by atoms with Gasteiger partial charge in [0.05, 0.1) is 12.8 Å². The highest BCUT2D eigenvalue weighted by Crippen LogP contribution is 2.18. The third-order valence-electron chi connectivity index (χ3n) is 5.62. The normalized spacial score (nSPS) is 10.7. The highest BCUT2D eigenvalue weighted by molar-refractivity contribution is 6.12. The zero-order valence-electron chi connectivity index (χ0n) is 19.4. The number of hydrogen-bond donors (Lipinski definition) is 0. The van der Waals surface area contributed by atoms with E-state index in [-0.39, 0.29) is 5.91 Å². The Morgan fingerprint density at radius 2 is 1.13 bits per heavy atom. The fourth-order valence-electron chi connectivity index (χ4n) is 3.78. The molecule has 0 saturated carbocycles. The van der Waals surface area contributed by atoms with Crippen LogP contribution >= 0.6 is 0 Å². The molecule has 0 heterocycles. The van der Waals surface area contributed by atoms with Gasteiger partial charge < -0.3 is 4.74 Å². The predicted molar refractivity (Wildman–Crippen MR) is 126 cm³/mol. The van der Waals surface area contributed by atoms with Crippen LogP contribution in [-0.4, -0.2) is 19.1 Å². The Morgan fingerprint density at radius 1 is 0.700 bits per heavy atom. The molecular weight excluding hydrogens is 374 g/mol. The Labute approximate surface area is 184 Å². The monoisotopic (exact) mass is 417 g/mol. The number of para-hydroxylation sites is 1. The van der Waals surface area contributed by atoms with E-state index in [2.05, 4.69) is 6.92 Å². The molecule has 0 aliphatic heterocycles. The molecule has 4 heteroatoms. The van der Waals surface area contributed by atoms with Crippen LogP contribution in [0.15, 0.2) is 30.3 Å². The molecule has 0 aromatic heterocycles. The summed E-state index contributed by atoms with van der Waals surface area (Å²) in [6.45, 7) is 2.27. The molecule has 0 unspecified atom stereocenters. The van der Waals surface area contributed by atoms with Crippen LogP contribution in [0.3, 0.4) is 0 Å². The van der Waals surface area contributed by atoms with E-state index in [4.69, 9.17) is 4.74 Å². The third kappa shape index (κ3) is 12.0. The minimum atomic E-state index is -0.618. The van der Waals surface area contributed by atoms with E-state index in [1.165, 1.54) is 84.2 Å². The number of anilines is 1. The number of hydrogen-bond acceptors (Lipinski definition) is 3. The quantitative estimate of drug-likeness (QED) is 0.241. The molecule has 1 rings (SSSR count). The van der Waals surface area contributed by atoms with Gasteiger partial charge in [-0.05, 0) is 18.6 Å². The minimum absolute atomic E-state index is 0.192. The van der Waals surface area contributed by atoms with Crippen molar-refractivity contribution in [3.8, 4) is 0 Å².